The number of hydrogen-bond donors (Lipinski definition) is 2. The SMILES string of the molecule is CCN(CC)c1ccc2cc(-c3nc4cc(S(N)(=O)=O)cc(S(=O)(=O)O)c4o3)c(=O)oc2c1. The minimum Gasteiger partial charge on any atom is -0.434 e. The lowest BCUT2D eigenvalue weighted by molar-refractivity contribution is 0.481. The van der Waals surface area contributed by atoms with Crippen molar-refractivity contribution in [2.45, 2.75) is 23.6 Å². The molecule has 2 aromatic carbocycles. The van der Waals surface area contributed by atoms with Crippen LogP contribution in [0.25, 0.3) is 33.5 Å². The minimum absolute atomic E-state index is 0.118. The molecule has 0 fully saturated rings. The lowest BCUT2D eigenvalue weighted by Gasteiger charge is -2.20. The van der Waals surface area contributed by atoms with Gasteiger partial charge in [-0.2, -0.15) is 8.42 Å². The molecule has 0 radical (unpaired) electrons. The van der Waals surface area contributed by atoms with Gasteiger partial charge in [0.05, 0.1) is 4.90 Å². The van der Waals surface area contributed by atoms with Crippen LogP contribution in [0.3, 0.4) is 0 Å². The second-order valence-corrected chi connectivity index (χ2v) is 10.1. The molecular formula is C20H19N3O8S2. The zero-order valence-electron chi connectivity index (χ0n) is 17.5. The van der Waals surface area contributed by atoms with Gasteiger partial charge < -0.3 is 13.7 Å². The van der Waals surface area contributed by atoms with E-state index in [0.717, 1.165) is 24.8 Å². The third kappa shape index (κ3) is 4.23. The first-order chi connectivity index (χ1) is 15.4. The van der Waals surface area contributed by atoms with Crippen molar-refractivity contribution in [3.63, 3.8) is 0 Å². The van der Waals surface area contributed by atoms with Crippen LogP contribution in [0.4, 0.5) is 5.69 Å². The molecule has 0 aliphatic carbocycles. The van der Waals surface area contributed by atoms with E-state index in [4.69, 9.17) is 14.0 Å². The van der Waals surface area contributed by atoms with Gasteiger partial charge in [-0.15, -0.1) is 0 Å². The standard InChI is InChI=1S/C20H19N3O8S2/c1-3-23(4-2)12-6-5-11-7-14(20(24)30-16(11)8-12)19-22-15-9-13(32(21,25)26)10-17(18(15)31-19)33(27,28)29/h5-10H,3-4H2,1-2H3,(H2,21,25,26)(H,27,28,29). The number of nitrogens with zero attached hydrogens (tertiary/aromatic N) is 2. The summed E-state index contributed by atoms with van der Waals surface area (Å²) in [6.07, 6.45) is 0. The molecule has 0 spiro atoms. The van der Waals surface area contributed by atoms with Crippen molar-refractivity contribution in [2.24, 2.45) is 5.14 Å². The van der Waals surface area contributed by atoms with Crippen molar-refractivity contribution in [2.75, 3.05) is 18.0 Å². The summed E-state index contributed by atoms with van der Waals surface area (Å²) in [6.45, 7) is 5.54. The number of rotatable bonds is 6. The number of primary sulfonamides is 1. The van der Waals surface area contributed by atoms with Crippen LogP contribution in [0, 0.1) is 0 Å². The molecule has 0 unspecified atom stereocenters. The molecule has 2 heterocycles. The Balaban J connectivity index is 1.93. The largest absolute Gasteiger partial charge is 0.434 e. The minimum atomic E-state index is -4.90. The summed E-state index contributed by atoms with van der Waals surface area (Å²) in [6, 6.07) is 8.44. The second kappa shape index (κ2) is 7.95. The highest BCUT2D eigenvalue weighted by Crippen LogP contribution is 2.31. The Labute approximate surface area is 188 Å². The van der Waals surface area contributed by atoms with Crippen molar-refractivity contribution in [1.29, 1.82) is 0 Å². The first-order valence-corrected chi connectivity index (χ1v) is 12.7. The van der Waals surface area contributed by atoms with Crippen LogP contribution in [0.5, 0.6) is 0 Å². The number of anilines is 1. The van der Waals surface area contributed by atoms with Crippen molar-refractivity contribution in [1.82, 2.24) is 4.98 Å². The number of nitrogens with two attached hydrogens (primary N) is 1. The van der Waals surface area contributed by atoms with Crippen LogP contribution >= 0.6 is 0 Å². The maximum atomic E-state index is 12.7. The average molecular weight is 494 g/mol. The molecule has 33 heavy (non-hydrogen) atoms. The number of benzene rings is 2. The normalized spacial score (nSPS) is 12.5. The topological polar surface area (TPSA) is 174 Å². The number of sulfonamides is 1. The average Bonchev–Trinajstić information content (AvgIpc) is 3.15. The number of fused-ring (bicyclic) bond motifs is 2. The quantitative estimate of drug-likeness (QED) is 0.300. The van der Waals surface area contributed by atoms with Gasteiger partial charge in [0.15, 0.2) is 5.58 Å². The summed E-state index contributed by atoms with van der Waals surface area (Å²) in [5.74, 6) is -0.315. The zero-order chi connectivity index (χ0) is 24.1. The van der Waals surface area contributed by atoms with Crippen molar-refractivity contribution in [3.05, 3.63) is 46.8 Å². The molecule has 13 heteroatoms. The maximum Gasteiger partial charge on any atom is 0.349 e. The third-order valence-corrected chi connectivity index (χ3v) is 6.87. The molecule has 2 aromatic heterocycles. The Morgan fingerprint density at radius 1 is 1.03 bits per heavy atom. The van der Waals surface area contributed by atoms with Crippen LogP contribution in [-0.4, -0.2) is 39.5 Å². The van der Waals surface area contributed by atoms with Gasteiger partial charge in [0.25, 0.3) is 10.1 Å². The lowest BCUT2D eigenvalue weighted by atomic mass is 10.1. The van der Waals surface area contributed by atoms with Gasteiger partial charge >= 0.3 is 5.63 Å². The molecule has 0 bridgehead atoms. The predicted molar refractivity (Wildman–Crippen MR) is 120 cm³/mol. The summed E-state index contributed by atoms with van der Waals surface area (Å²) in [4.78, 5) is 17.3. The van der Waals surface area contributed by atoms with Crippen LogP contribution < -0.4 is 15.7 Å². The maximum absolute atomic E-state index is 12.7. The summed E-state index contributed by atoms with van der Waals surface area (Å²) in [5.41, 5.74) is -0.381. The molecule has 0 saturated heterocycles. The van der Waals surface area contributed by atoms with Crippen LogP contribution in [0.2, 0.25) is 0 Å². The van der Waals surface area contributed by atoms with Crippen LogP contribution in [-0.2, 0) is 20.1 Å². The Morgan fingerprint density at radius 3 is 2.33 bits per heavy atom. The fraction of sp³-hybridized carbons (Fsp3) is 0.200. The molecule has 0 saturated carbocycles. The van der Waals surface area contributed by atoms with Crippen molar-refractivity contribution < 1.29 is 30.2 Å². The van der Waals surface area contributed by atoms with Gasteiger partial charge in [0, 0.05) is 30.2 Å². The highest BCUT2D eigenvalue weighted by atomic mass is 32.2. The van der Waals surface area contributed by atoms with E-state index in [9.17, 15) is 26.2 Å². The third-order valence-electron chi connectivity index (χ3n) is 5.11. The number of hydrogen-bond acceptors (Lipinski definition) is 9. The predicted octanol–water partition coefficient (Wildman–Crippen LogP) is 2.34. The molecule has 3 N–H and O–H groups in total. The second-order valence-electron chi connectivity index (χ2n) is 7.15. The molecule has 4 aromatic rings. The van der Waals surface area contributed by atoms with E-state index in [-0.39, 0.29) is 17.0 Å². The summed E-state index contributed by atoms with van der Waals surface area (Å²) in [5, 5.41) is 5.64. The smallest absolute Gasteiger partial charge is 0.349 e. The molecule has 11 nitrogen and oxygen atoms in total. The molecule has 174 valence electrons. The van der Waals surface area contributed by atoms with Gasteiger partial charge in [-0.1, -0.05) is 0 Å². The Bertz CT molecular complexity index is 1670. The first-order valence-electron chi connectivity index (χ1n) is 9.70. The van der Waals surface area contributed by atoms with Crippen molar-refractivity contribution >= 4 is 47.9 Å². The Kier molecular flexibility index (Phi) is 5.52. The van der Waals surface area contributed by atoms with Gasteiger partial charge in [0.2, 0.25) is 15.9 Å². The van der Waals surface area contributed by atoms with Crippen LogP contribution in [0.15, 0.2) is 59.8 Å². The van der Waals surface area contributed by atoms with E-state index in [2.05, 4.69) is 9.88 Å². The van der Waals surface area contributed by atoms with Gasteiger partial charge in [-0.05, 0) is 44.2 Å². The number of aromatic nitrogens is 1. The first kappa shape index (κ1) is 22.9. The molecule has 0 aliphatic rings. The van der Waals surface area contributed by atoms with E-state index in [1.807, 2.05) is 19.9 Å². The van der Waals surface area contributed by atoms with E-state index < -0.39 is 41.1 Å². The van der Waals surface area contributed by atoms with Crippen LogP contribution in [0.1, 0.15) is 13.8 Å². The van der Waals surface area contributed by atoms with Crippen molar-refractivity contribution in [3.8, 4) is 11.5 Å². The Morgan fingerprint density at radius 2 is 1.73 bits per heavy atom. The molecule has 4 rings (SSSR count). The molecular weight excluding hydrogens is 474 g/mol. The fourth-order valence-corrected chi connectivity index (χ4v) is 4.77. The molecule has 0 aliphatic heterocycles. The summed E-state index contributed by atoms with van der Waals surface area (Å²) >= 11 is 0. The molecule has 0 atom stereocenters. The van der Waals surface area contributed by atoms with Gasteiger partial charge in [-0.3, -0.25) is 4.55 Å². The van der Waals surface area contributed by atoms with E-state index in [1.165, 1.54) is 6.07 Å². The molecule has 0 amide bonds. The van der Waals surface area contributed by atoms with E-state index in [1.54, 1.807) is 12.1 Å². The summed E-state index contributed by atoms with van der Waals surface area (Å²) < 4.78 is 67.5. The Hall–Kier alpha value is -3.26. The van der Waals surface area contributed by atoms with Gasteiger partial charge in [0.1, 0.15) is 21.6 Å². The lowest BCUT2D eigenvalue weighted by Crippen LogP contribution is -2.21. The summed E-state index contributed by atoms with van der Waals surface area (Å²) in [7, 11) is -9.23. The monoisotopic (exact) mass is 493 g/mol. The fourth-order valence-electron chi connectivity index (χ4n) is 3.48. The van der Waals surface area contributed by atoms with E-state index >= 15 is 0 Å². The van der Waals surface area contributed by atoms with E-state index in [0.29, 0.717) is 17.0 Å². The highest BCUT2D eigenvalue weighted by molar-refractivity contribution is 7.89. The number of oxazole rings is 1. The zero-order valence-corrected chi connectivity index (χ0v) is 19.1. The highest BCUT2D eigenvalue weighted by Gasteiger charge is 2.25. The van der Waals surface area contributed by atoms with Gasteiger partial charge in [-0.25, -0.2) is 23.3 Å².